The molecular formula is C24H30N2O3S. The lowest BCUT2D eigenvalue weighted by Crippen LogP contribution is -2.53. The Morgan fingerprint density at radius 3 is 2.63 bits per heavy atom. The third-order valence-corrected chi connectivity index (χ3v) is 8.41. The highest BCUT2D eigenvalue weighted by atomic mass is 32.2. The zero-order chi connectivity index (χ0) is 20.6. The number of carbonyl (C=O) groups excluding carboxylic acids is 1. The summed E-state index contributed by atoms with van der Waals surface area (Å²) in [4.78, 5) is 15.5. The van der Waals surface area contributed by atoms with Crippen LogP contribution in [0.25, 0.3) is 0 Å². The number of nitrogens with one attached hydrogen (secondary N) is 1. The van der Waals surface area contributed by atoms with Gasteiger partial charge >= 0.3 is 0 Å². The van der Waals surface area contributed by atoms with Crippen molar-refractivity contribution in [2.75, 3.05) is 31.7 Å². The molecular weight excluding hydrogens is 396 g/mol. The van der Waals surface area contributed by atoms with E-state index in [1.807, 2.05) is 0 Å². The van der Waals surface area contributed by atoms with Gasteiger partial charge in [-0.15, -0.1) is 0 Å². The van der Waals surface area contributed by atoms with Crippen molar-refractivity contribution in [2.45, 2.75) is 49.3 Å². The van der Waals surface area contributed by atoms with Crippen molar-refractivity contribution >= 4 is 17.7 Å². The topological polar surface area (TPSA) is 54.7 Å². The van der Waals surface area contributed by atoms with Crippen molar-refractivity contribution in [1.82, 2.24) is 10.2 Å². The first-order chi connectivity index (χ1) is 14.7. The Balaban J connectivity index is 1.40. The molecule has 0 unspecified atom stereocenters. The largest absolute Gasteiger partial charge is 0.459 e. The fraction of sp³-hybridized carbons (Fsp3) is 0.542. The summed E-state index contributed by atoms with van der Waals surface area (Å²) in [5, 5.41) is 3.21. The standard InChI is InChI=1S/C24H30N2O3S/c1-28-22-21(25-23(27)20-7-4-14-29-20)18-5-2-3-6-19(18)24(22)10-12-26(13-11-24)17-8-15-30-16-9-17/h2-7,14,17,21-22H,8-13,15-16H2,1H3,(H,25,27)/t21-,22+/m1/s1. The lowest BCUT2D eigenvalue weighted by atomic mass is 9.71. The zero-order valence-electron chi connectivity index (χ0n) is 17.5. The van der Waals surface area contributed by atoms with E-state index in [-0.39, 0.29) is 23.5 Å². The summed E-state index contributed by atoms with van der Waals surface area (Å²) in [5.41, 5.74) is 2.49. The van der Waals surface area contributed by atoms with Crippen LogP contribution in [-0.4, -0.2) is 54.7 Å². The van der Waals surface area contributed by atoms with Crippen LogP contribution in [0.1, 0.15) is 53.4 Å². The summed E-state index contributed by atoms with van der Waals surface area (Å²) < 4.78 is 11.5. The minimum absolute atomic E-state index is 0.0492. The van der Waals surface area contributed by atoms with Gasteiger partial charge in [-0.3, -0.25) is 4.79 Å². The number of nitrogens with zero attached hydrogens (tertiary/aromatic N) is 1. The molecule has 2 fully saturated rings. The molecule has 1 aromatic carbocycles. The van der Waals surface area contributed by atoms with Gasteiger partial charge in [0.15, 0.2) is 5.76 Å². The Morgan fingerprint density at radius 1 is 1.17 bits per heavy atom. The second kappa shape index (κ2) is 8.40. The van der Waals surface area contributed by atoms with Crippen molar-refractivity contribution in [3.8, 4) is 0 Å². The Labute approximate surface area is 182 Å². The lowest BCUT2D eigenvalue weighted by Gasteiger charge is -2.46. The number of furan rings is 1. The van der Waals surface area contributed by atoms with Crippen molar-refractivity contribution in [1.29, 1.82) is 0 Å². The molecule has 0 bridgehead atoms. The van der Waals surface area contributed by atoms with Crippen molar-refractivity contribution < 1.29 is 13.9 Å². The van der Waals surface area contributed by atoms with E-state index in [0.29, 0.717) is 5.76 Å². The number of likely N-dealkylation sites (tertiary alicyclic amines) is 1. The maximum Gasteiger partial charge on any atom is 0.287 e. The van der Waals surface area contributed by atoms with Crippen LogP contribution < -0.4 is 5.32 Å². The second-order valence-corrected chi connectivity index (χ2v) is 9.93. The van der Waals surface area contributed by atoms with Crippen LogP contribution in [0.3, 0.4) is 0 Å². The first-order valence-corrected chi connectivity index (χ1v) is 12.2. The molecule has 5 nitrogen and oxygen atoms in total. The smallest absolute Gasteiger partial charge is 0.287 e. The molecule has 6 heteroatoms. The van der Waals surface area contributed by atoms with Gasteiger partial charge in [-0.2, -0.15) is 11.8 Å². The van der Waals surface area contributed by atoms with Crippen molar-refractivity contribution in [3.05, 3.63) is 59.5 Å². The molecule has 1 spiro atoms. The molecule has 30 heavy (non-hydrogen) atoms. The normalized spacial score (nSPS) is 26.6. The first kappa shape index (κ1) is 20.2. The zero-order valence-corrected chi connectivity index (χ0v) is 18.3. The predicted octanol–water partition coefficient (Wildman–Crippen LogP) is 4.01. The summed E-state index contributed by atoms with van der Waals surface area (Å²) in [6.45, 7) is 2.20. The average Bonchev–Trinajstić information content (AvgIpc) is 3.42. The highest BCUT2D eigenvalue weighted by Gasteiger charge is 2.54. The summed E-state index contributed by atoms with van der Waals surface area (Å²) in [5.74, 6) is 2.73. The van der Waals surface area contributed by atoms with Crippen LogP contribution in [0, 0.1) is 0 Å². The van der Waals surface area contributed by atoms with Gasteiger partial charge in [0.2, 0.25) is 0 Å². The number of fused-ring (bicyclic) bond motifs is 2. The fourth-order valence-electron chi connectivity index (χ4n) is 5.88. The molecule has 2 atom stereocenters. The Morgan fingerprint density at radius 2 is 1.93 bits per heavy atom. The van der Waals surface area contributed by atoms with Gasteiger partial charge in [-0.1, -0.05) is 24.3 Å². The highest BCUT2D eigenvalue weighted by molar-refractivity contribution is 7.99. The van der Waals surface area contributed by atoms with E-state index >= 15 is 0 Å². The summed E-state index contributed by atoms with van der Waals surface area (Å²) >= 11 is 2.09. The molecule has 3 aliphatic rings. The summed E-state index contributed by atoms with van der Waals surface area (Å²) in [7, 11) is 1.79. The maximum absolute atomic E-state index is 12.8. The number of hydrogen-bond donors (Lipinski definition) is 1. The second-order valence-electron chi connectivity index (χ2n) is 8.71. The van der Waals surface area contributed by atoms with E-state index in [2.05, 4.69) is 46.2 Å². The minimum Gasteiger partial charge on any atom is -0.459 e. The molecule has 3 heterocycles. The van der Waals surface area contributed by atoms with Crippen molar-refractivity contribution in [3.63, 3.8) is 0 Å². The van der Waals surface area contributed by atoms with Gasteiger partial charge in [0.05, 0.1) is 18.4 Å². The van der Waals surface area contributed by atoms with Gasteiger partial charge in [0.1, 0.15) is 0 Å². The van der Waals surface area contributed by atoms with E-state index in [0.717, 1.165) is 32.0 Å². The Bertz CT molecular complexity index is 870. The third kappa shape index (κ3) is 3.39. The van der Waals surface area contributed by atoms with Crippen LogP contribution in [-0.2, 0) is 10.2 Å². The maximum atomic E-state index is 12.8. The summed E-state index contributed by atoms with van der Waals surface area (Å²) in [6.07, 6.45) is 6.22. The summed E-state index contributed by atoms with van der Waals surface area (Å²) in [6, 6.07) is 12.6. The number of piperidine rings is 1. The number of rotatable bonds is 4. The lowest BCUT2D eigenvalue weighted by molar-refractivity contribution is -0.0178. The number of amides is 1. The number of thioether (sulfide) groups is 1. The first-order valence-electron chi connectivity index (χ1n) is 11.0. The Kier molecular flexibility index (Phi) is 5.65. The molecule has 2 saturated heterocycles. The predicted molar refractivity (Wildman–Crippen MR) is 119 cm³/mol. The van der Waals surface area contributed by atoms with Crippen LogP contribution in [0.5, 0.6) is 0 Å². The monoisotopic (exact) mass is 426 g/mol. The van der Waals surface area contributed by atoms with E-state index in [9.17, 15) is 4.79 Å². The van der Waals surface area contributed by atoms with Gasteiger partial charge in [0, 0.05) is 18.6 Å². The molecule has 1 N–H and O–H groups in total. The molecule has 160 valence electrons. The number of benzene rings is 1. The Hall–Kier alpha value is -1.76. The molecule has 1 amide bonds. The third-order valence-electron chi connectivity index (χ3n) is 7.36. The van der Waals surface area contributed by atoms with Gasteiger partial charge < -0.3 is 19.4 Å². The van der Waals surface area contributed by atoms with Crippen LogP contribution in [0.15, 0.2) is 47.1 Å². The average molecular weight is 427 g/mol. The van der Waals surface area contributed by atoms with Crippen LogP contribution in [0.2, 0.25) is 0 Å². The molecule has 1 aromatic heterocycles. The molecule has 2 aliphatic heterocycles. The fourth-order valence-corrected chi connectivity index (χ4v) is 6.97. The molecule has 1 aliphatic carbocycles. The quantitative estimate of drug-likeness (QED) is 0.801. The molecule has 0 radical (unpaired) electrons. The van der Waals surface area contributed by atoms with E-state index in [4.69, 9.17) is 9.15 Å². The SMILES string of the molecule is CO[C@H]1[C@H](NC(=O)c2ccco2)c2ccccc2C12CCN(C1CCSCC1)CC2. The van der Waals surface area contributed by atoms with Gasteiger partial charge in [0.25, 0.3) is 5.91 Å². The van der Waals surface area contributed by atoms with Crippen LogP contribution in [0.4, 0.5) is 0 Å². The van der Waals surface area contributed by atoms with Crippen molar-refractivity contribution in [2.24, 2.45) is 0 Å². The van der Waals surface area contributed by atoms with E-state index < -0.39 is 0 Å². The van der Waals surface area contributed by atoms with Gasteiger partial charge in [-0.25, -0.2) is 0 Å². The number of hydrogen-bond acceptors (Lipinski definition) is 5. The van der Waals surface area contributed by atoms with Gasteiger partial charge in [-0.05, 0) is 73.5 Å². The highest BCUT2D eigenvalue weighted by Crippen LogP contribution is 2.52. The minimum atomic E-state index is -0.184. The molecule has 5 rings (SSSR count). The number of carbonyl (C=O) groups is 1. The van der Waals surface area contributed by atoms with E-state index in [1.54, 1.807) is 19.2 Å². The van der Waals surface area contributed by atoms with E-state index in [1.165, 1.54) is 41.7 Å². The van der Waals surface area contributed by atoms with Crippen LogP contribution >= 0.6 is 11.8 Å². The number of ether oxygens (including phenoxy) is 1. The molecule has 2 aromatic rings. The molecule has 0 saturated carbocycles. The number of methoxy groups -OCH3 is 1.